The van der Waals surface area contributed by atoms with Gasteiger partial charge >= 0.3 is 5.97 Å². The predicted octanol–water partition coefficient (Wildman–Crippen LogP) is 6.35. The number of aliphatic hydroxyl groups is 5. The molecule has 1 aromatic carbocycles. The molecule has 0 bridgehead atoms. The number of amides is 1. The Hall–Kier alpha value is -3.67. The van der Waals surface area contributed by atoms with Gasteiger partial charge in [0.2, 0.25) is 5.91 Å². The van der Waals surface area contributed by atoms with Crippen molar-refractivity contribution in [2.24, 2.45) is 23.7 Å². The second-order valence-electron chi connectivity index (χ2n) is 21.7. The molecular weight excluding hydrogens is 926 g/mol. The van der Waals surface area contributed by atoms with Gasteiger partial charge < -0.3 is 59.6 Å². The van der Waals surface area contributed by atoms with Crippen LogP contribution in [0.2, 0.25) is 0 Å². The minimum Gasteiger partial charge on any atom is -0.462 e. The van der Waals surface area contributed by atoms with E-state index in [4.69, 9.17) is 24.2 Å². The number of ether oxygens (including phenoxy) is 4. The monoisotopic (exact) mass is 1020 g/mol. The second kappa shape index (κ2) is 29.4. The summed E-state index contributed by atoms with van der Waals surface area (Å²) in [6, 6.07) is 11.2. The third-order valence-electron chi connectivity index (χ3n) is 15.0. The smallest absolute Gasteiger partial charge is 0.311 e. The van der Waals surface area contributed by atoms with Crippen molar-refractivity contribution in [1.29, 1.82) is 5.26 Å². The number of rotatable bonds is 11. The molecule has 0 spiro atoms. The normalized spacial score (nSPS) is 34.0. The number of nitrogens with one attached hydrogen (secondary N) is 1. The van der Waals surface area contributed by atoms with Crippen molar-refractivity contribution < 1.29 is 58.5 Å². The fraction of sp³-hybridized carbons (Fsp3) is 0.745. The third kappa shape index (κ3) is 19.6. The average molecular weight is 1020 g/mol. The van der Waals surface area contributed by atoms with E-state index in [-0.39, 0.29) is 53.9 Å². The van der Waals surface area contributed by atoms with Crippen molar-refractivity contribution in [3.63, 3.8) is 0 Å². The average Bonchev–Trinajstić information content (AvgIpc) is 3.34. The second-order valence-corrected chi connectivity index (χ2v) is 21.7. The van der Waals surface area contributed by atoms with Gasteiger partial charge in [-0.3, -0.25) is 9.59 Å². The fourth-order valence-corrected chi connectivity index (χ4v) is 10.3. The number of carbonyl (C=O) groups excluding carboxylic acids is 2. The molecule has 4 heterocycles. The van der Waals surface area contributed by atoms with Gasteiger partial charge in [-0.25, -0.2) is 9.37 Å². The van der Waals surface area contributed by atoms with E-state index in [0.29, 0.717) is 49.6 Å². The van der Waals surface area contributed by atoms with Crippen LogP contribution in [-0.4, -0.2) is 166 Å². The van der Waals surface area contributed by atoms with Crippen molar-refractivity contribution in [2.45, 2.75) is 193 Å². The van der Waals surface area contributed by atoms with Crippen LogP contribution in [0, 0.1) is 35.0 Å². The first-order chi connectivity index (χ1) is 33.8. The molecule has 1 amide bonds. The number of aliphatic hydroxyl groups excluding tert-OH is 4. The van der Waals surface area contributed by atoms with Gasteiger partial charge in [-0.2, -0.15) is 5.26 Å². The molecule has 17 heteroatoms. The molecule has 3 aliphatic rings. The Bertz CT molecular complexity index is 1950. The van der Waals surface area contributed by atoms with Crippen LogP contribution < -0.4 is 5.32 Å². The number of hydrogen-bond acceptors (Lipinski definition) is 15. The zero-order valence-electron chi connectivity index (χ0n) is 45.5. The van der Waals surface area contributed by atoms with E-state index in [1.807, 2.05) is 59.7 Å². The zero-order chi connectivity index (χ0) is 54.1. The van der Waals surface area contributed by atoms with Crippen molar-refractivity contribution in [2.75, 3.05) is 47.6 Å². The lowest BCUT2D eigenvalue weighted by molar-refractivity contribution is -0.173. The number of esters is 1. The van der Waals surface area contributed by atoms with E-state index in [1.54, 1.807) is 63.6 Å². The van der Waals surface area contributed by atoms with Crippen LogP contribution in [-0.2, 0) is 28.5 Å². The lowest BCUT2D eigenvalue weighted by Gasteiger charge is -2.37. The molecule has 1 aromatic heterocycles. The topological polar surface area (TPSA) is 227 Å². The van der Waals surface area contributed by atoms with Crippen LogP contribution in [0.15, 0.2) is 42.6 Å². The third-order valence-corrected chi connectivity index (χ3v) is 15.0. The highest BCUT2D eigenvalue weighted by molar-refractivity contribution is 5.76. The lowest BCUT2D eigenvalue weighted by atomic mass is 9.81. The molecular formula is C55H90FN5O11. The number of nitrogens with zero attached hydrogens (tertiary/aromatic N) is 4. The maximum atomic E-state index is 13.7. The Morgan fingerprint density at radius 1 is 1.00 bits per heavy atom. The zero-order valence-corrected chi connectivity index (χ0v) is 45.5. The Morgan fingerprint density at radius 2 is 1.65 bits per heavy atom. The maximum Gasteiger partial charge on any atom is 0.311 e. The van der Waals surface area contributed by atoms with E-state index in [1.165, 1.54) is 0 Å². The Kier molecular flexibility index (Phi) is 25.6. The number of hydrogen-bond donors (Lipinski definition) is 6. The largest absolute Gasteiger partial charge is 0.462 e. The molecule has 16 nitrogen and oxygen atoms in total. The number of alkyl halides is 1. The molecule has 5 rings (SSSR count). The van der Waals surface area contributed by atoms with Gasteiger partial charge in [0.15, 0.2) is 6.29 Å². The summed E-state index contributed by atoms with van der Waals surface area (Å²) < 4.78 is 35.5. The molecule has 0 saturated carbocycles. The highest BCUT2D eigenvalue weighted by atomic mass is 19.1. The first-order valence-electron chi connectivity index (χ1n) is 26.0. The van der Waals surface area contributed by atoms with Gasteiger partial charge in [0.05, 0.1) is 47.6 Å². The minimum absolute atomic E-state index is 0.0596. The number of benzene rings is 1. The van der Waals surface area contributed by atoms with E-state index in [0.717, 1.165) is 43.5 Å². The molecule has 408 valence electrons. The molecule has 0 radical (unpaired) electrons. The molecule has 3 aliphatic heterocycles. The van der Waals surface area contributed by atoms with Crippen LogP contribution in [0.1, 0.15) is 138 Å². The van der Waals surface area contributed by atoms with Crippen LogP contribution in [0.5, 0.6) is 0 Å². The van der Waals surface area contributed by atoms with Gasteiger partial charge in [-0.05, 0) is 123 Å². The lowest BCUT2D eigenvalue weighted by Crippen LogP contribution is -2.47. The SMILES string of the molecule is CC1CC(N(C)CCC(=O)NC(CF)C(O)c2ccc(-c3ccc(C#N)nc3)cc2)CC(O)O1.CC[C@H]1OC(=O)[C@H](C)[C@@H](O)[C@H](C)C[C@](C)(O)C[C@@H](C)CN(C)C(C)C(O)[C@H]1C.CO[C@]1(C)CCO[C@@H](C)C1. The molecule has 6 N–H and O–H groups in total. The summed E-state index contributed by atoms with van der Waals surface area (Å²) in [6.45, 7) is 20.5. The number of likely N-dealkylation sites (N-methyl/N-ethyl adjacent to an activating group) is 1. The van der Waals surface area contributed by atoms with Gasteiger partial charge in [0, 0.05) is 75.8 Å². The number of carbonyl (C=O) groups is 2. The quantitative estimate of drug-likeness (QED) is 0.135. The standard InChI is InChI=1S/C25H31FN4O4.C22H43NO5.C8H16O2/c1-16-11-21(12-24(32)34-16)30(2)10-9-23(31)29-22(13-26)25(33)18-5-3-17(4-6-18)19-7-8-20(14-27)28-15-19;1-9-18-15(4)20(25)17(6)23(8)12-13(2)10-22(7,27)11-14(3)19(24)16(5)21(26)28-18;1-7-6-8(2,9-3)4-5-10-7/h3-8,15-16,21-22,24-25,32-33H,9-13H2,1-2H3,(H,29,31);13-20,24-25,27H,9-12H2,1-8H3;7H,4-6H2,1-3H3/t;13-,14-,15+,16-,17?,18-,19+,20?,22-;7-,8+/m.10/s1. The number of methoxy groups -OCH3 is 1. The summed E-state index contributed by atoms with van der Waals surface area (Å²) in [5, 5.41) is 64.3. The van der Waals surface area contributed by atoms with Crippen molar-refractivity contribution in [1.82, 2.24) is 20.1 Å². The van der Waals surface area contributed by atoms with E-state index in [9.17, 15) is 39.5 Å². The van der Waals surface area contributed by atoms with Gasteiger partial charge in [-0.15, -0.1) is 0 Å². The first kappa shape index (κ1) is 62.6. The van der Waals surface area contributed by atoms with Gasteiger partial charge in [-0.1, -0.05) is 52.0 Å². The van der Waals surface area contributed by atoms with Crippen molar-refractivity contribution in [3.05, 3.63) is 53.9 Å². The summed E-state index contributed by atoms with van der Waals surface area (Å²) in [7, 11) is 5.64. The number of pyridine rings is 1. The van der Waals surface area contributed by atoms with Gasteiger partial charge in [0.25, 0.3) is 0 Å². The summed E-state index contributed by atoms with van der Waals surface area (Å²) in [5.41, 5.74) is 1.58. The van der Waals surface area contributed by atoms with E-state index < -0.39 is 60.9 Å². The maximum absolute atomic E-state index is 13.7. The summed E-state index contributed by atoms with van der Waals surface area (Å²) in [5.74, 6) is -1.74. The van der Waals surface area contributed by atoms with Crippen molar-refractivity contribution >= 4 is 11.9 Å². The van der Waals surface area contributed by atoms with E-state index in [2.05, 4.69) is 36.0 Å². The summed E-state index contributed by atoms with van der Waals surface area (Å²) in [6.07, 6.45) is 2.94. The first-order valence-corrected chi connectivity index (χ1v) is 26.0. The van der Waals surface area contributed by atoms with Crippen LogP contribution in [0.3, 0.4) is 0 Å². The van der Waals surface area contributed by atoms with Crippen LogP contribution >= 0.6 is 0 Å². The highest BCUT2D eigenvalue weighted by Gasteiger charge is 2.38. The Morgan fingerprint density at radius 3 is 2.19 bits per heavy atom. The highest BCUT2D eigenvalue weighted by Crippen LogP contribution is 2.32. The Balaban J connectivity index is 0.000000323. The van der Waals surface area contributed by atoms with E-state index >= 15 is 0 Å². The number of aromatic nitrogens is 1. The number of nitriles is 1. The summed E-state index contributed by atoms with van der Waals surface area (Å²) in [4.78, 5) is 33.2. The molecule has 2 aromatic rings. The van der Waals surface area contributed by atoms with Crippen molar-refractivity contribution in [3.8, 4) is 17.2 Å². The summed E-state index contributed by atoms with van der Waals surface area (Å²) >= 11 is 0. The Labute approximate surface area is 429 Å². The molecule has 3 fully saturated rings. The number of halogens is 1. The molecule has 3 saturated heterocycles. The number of cyclic esters (lactones) is 1. The fourth-order valence-electron chi connectivity index (χ4n) is 10.3. The minimum atomic E-state index is -1.20. The molecule has 7 unspecified atom stereocenters. The van der Waals surface area contributed by atoms with Crippen LogP contribution in [0.25, 0.3) is 11.1 Å². The predicted molar refractivity (Wildman–Crippen MR) is 275 cm³/mol. The molecule has 0 aliphatic carbocycles. The molecule has 72 heavy (non-hydrogen) atoms. The van der Waals surface area contributed by atoms with Gasteiger partial charge in [0.1, 0.15) is 30.6 Å². The molecule has 16 atom stereocenters. The van der Waals surface area contributed by atoms with Crippen LogP contribution in [0.4, 0.5) is 4.39 Å².